The molecule has 0 bridgehead atoms. The number of halogens is 2. The fourth-order valence-corrected chi connectivity index (χ4v) is 6.39. The first-order chi connectivity index (χ1) is 12.8. The van der Waals surface area contributed by atoms with Gasteiger partial charge in [-0.3, -0.25) is 4.79 Å². The molecule has 1 heterocycles. The molecule has 27 heavy (non-hydrogen) atoms. The van der Waals surface area contributed by atoms with Crippen molar-refractivity contribution in [2.45, 2.75) is 55.6 Å². The first kappa shape index (κ1) is 20.9. The highest BCUT2D eigenvalue weighted by atomic mass is 35.5. The number of carbonyl (C=O) groups is 1. The summed E-state index contributed by atoms with van der Waals surface area (Å²) in [6.45, 7) is 0.453. The lowest BCUT2D eigenvalue weighted by atomic mass is 9.92. The van der Waals surface area contributed by atoms with E-state index in [0.29, 0.717) is 32.2 Å². The fourth-order valence-electron chi connectivity index (χ4n) is 3.77. The summed E-state index contributed by atoms with van der Waals surface area (Å²) in [6.07, 6.45) is 3.82. The maximum Gasteiger partial charge on any atom is 0.246 e. The molecule has 6 nitrogen and oxygen atoms in total. The zero-order valence-electron chi connectivity index (χ0n) is 14.9. The number of hydrogen-bond acceptors (Lipinski definition) is 4. The smallest absolute Gasteiger partial charge is 0.246 e. The third kappa shape index (κ3) is 4.77. The van der Waals surface area contributed by atoms with Crippen LogP contribution in [0.2, 0.25) is 10.0 Å². The van der Waals surface area contributed by atoms with Crippen molar-refractivity contribution in [3.8, 4) is 0 Å². The molecule has 0 spiro atoms. The Morgan fingerprint density at radius 2 is 1.74 bits per heavy atom. The number of aliphatic hydroxyl groups excluding tert-OH is 1. The van der Waals surface area contributed by atoms with Gasteiger partial charge in [-0.2, -0.15) is 4.31 Å². The Bertz CT molecular complexity index is 774. The molecule has 0 aromatic heterocycles. The highest BCUT2D eigenvalue weighted by Gasteiger charge is 2.36. The van der Waals surface area contributed by atoms with Gasteiger partial charge >= 0.3 is 0 Å². The molecule has 1 saturated carbocycles. The second kappa shape index (κ2) is 8.66. The summed E-state index contributed by atoms with van der Waals surface area (Å²) in [5, 5.41) is 12.8. The standard InChI is InChI=1S/C18H24Cl2N2O4S/c19-15-4-1-5-16(20)17(15)27(25,26)22-10-2-3-12(11-22)18(24)21-13-6-8-14(23)9-7-13/h1,4-5,12-14,23H,2-3,6-11H2,(H,21,24)/t12-,13?,14?/m0/s1. The summed E-state index contributed by atoms with van der Waals surface area (Å²) < 4.78 is 27.3. The Morgan fingerprint density at radius 3 is 2.37 bits per heavy atom. The molecule has 1 aromatic rings. The van der Waals surface area contributed by atoms with Crippen molar-refractivity contribution >= 4 is 39.1 Å². The van der Waals surface area contributed by atoms with Crippen LogP contribution in [0.1, 0.15) is 38.5 Å². The highest BCUT2D eigenvalue weighted by Crippen LogP contribution is 2.33. The molecule has 150 valence electrons. The number of piperidine rings is 1. The molecular formula is C18H24Cl2N2O4S. The molecule has 0 unspecified atom stereocenters. The number of aliphatic hydroxyl groups is 1. The fraction of sp³-hybridized carbons (Fsp3) is 0.611. The number of benzene rings is 1. The molecule has 1 amide bonds. The summed E-state index contributed by atoms with van der Waals surface area (Å²) in [5.74, 6) is -0.525. The number of nitrogens with one attached hydrogen (secondary N) is 1. The molecule has 9 heteroatoms. The quantitative estimate of drug-likeness (QED) is 0.762. The van der Waals surface area contributed by atoms with Crippen molar-refractivity contribution < 1.29 is 18.3 Å². The van der Waals surface area contributed by atoms with Crippen LogP contribution in [-0.2, 0) is 14.8 Å². The van der Waals surface area contributed by atoms with Crippen molar-refractivity contribution in [2.24, 2.45) is 5.92 Å². The molecule has 1 aliphatic carbocycles. The van der Waals surface area contributed by atoms with Gasteiger partial charge < -0.3 is 10.4 Å². The summed E-state index contributed by atoms with van der Waals surface area (Å²) in [6, 6.07) is 4.63. The topological polar surface area (TPSA) is 86.7 Å². The third-order valence-electron chi connectivity index (χ3n) is 5.31. The minimum atomic E-state index is -3.87. The first-order valence-electron chi connectivity index (χ1n) is 9.21. The Hall–Kier alpha value is -0.860. The molecule has 2 aliphatic rings. The zero-order chi connectivity index (χ0) is 19.6. The van der Waals surface area contributed by atoms with Gasteiger partial charge in [0.05, 0.1) is 22.1 Å². The van der Waals surface area contributed by atoms with Crippen molar-refractivity contribution in [1.82, 2.24) is 9.62 Å². The lowest BCUT2D eigenvalue weighted by Gasteiger charge is -2.33. The Kier molecular flexibility index (Phi) is 6.69. The van der Waals surface area contributed by atoms with Gasteiger partial charge in [-0.15, -0.1) is 0 Å². The molecule has 3 rings (SSSR count). The Morgan fingerprint density at radius 1 is 1.11 bits per heavy atom. The number of amides is 1. The van der Waals surface area contributed by atoms with Crippen LogP contribution in [0, 0.1) is 5.92 Å². The van der Waals surface area contributed by atoms with Crippen molar-refractivity contribution in [3.05, 3.63) is 28.2 Å². The van der Waals surface area contributed by atoms with Gasteiger partial charge in [-0.05, 0) is 50.7 Å². The van der Waals surface area contributed by atoms with E-state index in [9.17, 15) is 18.3 Å². The van der Waals surface area contributed by atoms with Crippen LogP contribution in [0.3, 0.4) is 0 Å². The molecule has 0 radical (unpaired) electrons. The van der Waals surface area contributed by atoms with E-state index in [2.05, 4.69) is 5.32 Å². The predicted molar refractivity (Wildman–Crippen MR) is 104 cm³/mol. The number of hydrogen-bond donors (Lipinski definition) is 2. The molecule has 2 N–H and O–H groups in total. The summed E-state index contributed by atoms with van der Waals surface area (Å²) >= 11 is 12.2. The average Bonchev–Trinajstić information content (AvgIpc) is 2.63. The molecule has 1 aliphatic heterocycles. The lowest BCUT2D eigenvalue weighted by Crippen LogP contribution is -2.48. The molecule has 1 atom stereocenters. The van der Waals surface area contributed by atoms with Gasteiger partial charge in [0.2, 0.25) is 15.9 Å². The van der Waals surface area contributed by atoms with Gasteiger partial charge in [0.15, 0.2) is 0 Å². The SMILES string of the molecule is O=C(NC1CCC(O)CC1)[C@H]1CCCN(S(=O)(=O)c2c(Cl)cccc2Cl)C1. The summed E-state index contributed by atoms with van der Waals surface area (Å²) in [7, 11) is -3.87. The van der Waals surface area contributed by atoms with Crippen LogP contribution < -0.4 is 5.32 Å². The van der Waals surface area contributed by atoms with Crippen molar-refractivity contribution in [2.75, 3.05) is 13.1 Å². The van der Waals surface area contributed by atoms with Gasteiger partial charge in [0, 0.05) is 19.1 Å². The highest BCUT2D eigenvalue weighted by molar-refractivity contribution is 7.89. The number of nitrogens with zero attached hydrogens (tertiary/aromatic N) is 1. The van der Waals surface area contributed by atoms with E-state index in [1.54, 1.807) is 6.07 Å². The monoisotopic (exact) mass is 434 g/mol. The van der Waals surface area contributed by atoms with Gasteiger partial charge in [0.25, 0.3) is 0 Å². The van der Waals surface area contributed by atoms with Gasteiger partial charge in [-0.1, -0.05) is 29.3 Å². The van der Waals surface area contributed by atoms with Gasteiger partial charge in [0.1, 0.15) is 4.90 Å². The summed E-state index contributed by atoms with van der Waals surface area (Å²) in [4.78, 5) is 12.5. The largest absolute Gasteiger partial charge is 0.393 e. The van der Waals surface area contributed by atoms with Crippen LogP contribution >= 0.6 is 23.2 Å². The zero-order valence-corrected chi connectivity index (χ0v) is 17.2. The first-order valence-corrected chi connectivity index (χ1v) is 11.4. The maximum absolute atomic E-state index is 13.0. The van der Waals surface area contributed by atoms with E-state index in [0.717, 1.165) is 12.8 Å². The van der Waals surface area contributed by atoms with Crippen molar-refractivity contribution in [1.29, 1.82) is 0 Å². The third-order valence-corrected chi connectivity index (χ3v) is 8.14. The van der Waals surface area contributed by atoms with Gasteiger partial charge in [-0.25, -0.2) is 8.42 Å². The van der Waals surface area contributed by atoms with E-state index < -0.39 is 15.9 Å². The van der Waals surface area contributed by atoms with Crippen molar-refractivity contribution in [3.63, 3.8) is 0 Å². The normalized spacial score (nSPS) is 27.3. The Labute approximate surface area is 169 Å². The maximum atomic E-state index is 13.0. The Balaban J connectivity index is 1.69. The predicted octanol–water partition coefficient (Wildman–Crippen LogP) is 2.81. The van der Waals surface area contributed by atoms with Crippen LogP contribution in [0.15, 0.2) is 23.1 Å². The number of carbonyl (C=O) groups excluding carboxylic acids is 1. The lowest BCUT2D eigenvalue weighted by molar-refractivity contribution is -0.127. The van der Waals surface area contributed by atoms with Crippen LogP contribution in [0.25, 0.3) is 0 Å². The molecule has 1 aromatic carbocycles. The van der Waals surface area contributed by atoms with E-state index in [1.165, 1.54) is 16.4 Å². The number of sulfonamides is 1. The van der Waals surface area contributed by atoms with E-state index in [1.807, 2.05) is 0 Å². The number of rotatable bonds is 4. The second-order valence-electron chi connectivity index (χ2n) is 7.27. The van der Waals surface area contributed by atoms with Crippen LogP contribution in [0.4, 0.5) is 0 Å². The average molecular weight is 435 g/mol. The minimum Gasteiger partial charge on any atom is -0.393 e. The molecular weight excluding hydrogens is 411 g/mol. The second-order valence-corrected chi connectivity index (χ2v) is 9.96. The molecule has 1 saturated heterocycles. The van der Waals surface area contributed by atoms with E-state index in [-0.39, 0.29) is 39.5 Å². The molecule has 2 fully saturated rings. The van der Waals surface area contributed by atoms with Crippen LogP contribution in [0.5, 0.6) is 0 Å². The minimum absolute atomic E-state index is 0.0471. The van der Waals surface area contributed by atoms with E-state index >= 15 is 0 Å². The summed E-state index contributed by atoms with van der Waals surface area (Å²) in [5.41, 5.74) is 0. The van der Waals surface area contributed by atoms with Crippen LogP contribution in [-0.4, -0.2) is 49.0 Å². The van der Waals surface area contributed by atoms with E-state index in [4.69, 9.17) is 23.2 Å².